The molecule has 1 aromatic carbocycles. The second-order valence-corrected chi connectivity index (χ2v) is 4.97. The Morgan fingerprint density at radius 3 is 2.73 bits per heavy atom. The van der Waals surface area contributed by atoms with E-state index in [1.54, 1.807) is 0 Å². The van der Waals surface area contributed by atoms with E-state index < -0.39 is 11.7 Å². The summed E-state index contributed by atoms with van der Waals surface area (Å²) in [7, 11) is 0. The molecule has 2 aromatic rings. The molecule has 0 spiro atoms. The minimum absolute atomic E-state index is 0.360. The molecular weight excluding hydrogens is 295 g/mol. The van der Waals surface area contributed by atoms with Gasteiger partial charge in [-0.1, -0.05) is 0 Å². The second kappa shape index (κ2) is 7.11. The van der Waals surface area contributed by atoms with Crippen molar-refractivity contribution in [2.45, 2.75) is 32.5 Å². The van der Waals surface area contributed by atoms with Gasteiger partial charge in [-0.2, -0.15) is 13.2 Å². The number of ether oxygens (including phenoxy) is 1. The van der Waals surface area contributed by atoms with Gasteiger partial charge in [0.25, 0.3) is 0 Å². The number of halogens is 3. The minimum Gasteiger partial charge on any atom is -0.380 e. The maximum Gasteiger partial charge on any atom is 0.416 e. The number of aryl methyl sites for hydroxylation is 1. The molecule has 2 rings (SSSR count). The highest BCUT2D eigenvalue weighted by Gasteiger charge is 2.31. The number of imidazole rings is 1. The molecule has 0 radical (unpaired) electrons. The van der Waals surface area contributed by atoms with Crippen molar-refractivity contribution in [1.82, 2.24) is 9.55 Å². The molecule has 0 fully saturated rings. The number of aromatic nitrogens is 2. The van der Waals surface area contributed by atoms with E-state index in [2.05, 4.69) is 4.98 Å². The molecule has 22 heavy (non-hydrogen) atoms. The maximum atomic E-state index is 12.8. The second-order valence-electron chi connectivity index (χ2n) is 4.97. The van der Waals surface area contributed by atoms with Crippen molar-refractivity contribution in [1.29, 1.82) is 0 Å². The van der Waals surface area contributed by atoms with Gasteiger partial charge in [0.1, 0.15) is 5.82 Å². The lowest BCUT2D eigenvalue weighted by Crippen LogP contribution is -2.11. The lowest BCUT2D eigenvalue weighted by atomic mass is 10.2. The lowest BCUT2D eigenvalue weighted by molar-refractivity contribution is -0.137. The molecule has 0 aliphatic rings. The average Bonchev–Trinajstić information content (AvgIpc) is 2.81. The third-order valence-corrected chi connectivity index (χ3v) is 3.42. The van der Waals surface area contributed by atoms with E-state index in [0.29, 0.717) is 43.8 Å². The van der Waals surface area contributed by atoms with Crippen LogP contribution in [-0.4, -0.2) is 29.3 Å². The van der Waals surface area contributed by atoms with Crippen LogP contribution < -0.4 is 5.73 Å². The Hall–Kier alpha value is -1.60. The van der Waals surface area contributed by atoms with Crippen molar-refractivity contribution in [3.63, 3.8) is 0 Å². The van der Waals surface area contributed by atoms with Crippen LogP contribution in [-0.2, 0) is 23.9 Å². The largest absolute Gasteiger partial charge is 0.416 e. The molecule has 4 nitrogen and oxygen atoms in total. The van der Waals surface area contributed by atoms with Crippen molar-refractivity contribution >= 4 is 11.0 Å². The summed E-state index contributed by atoms with van der Waals surface area (Å²) in [5.41, 5.74) is 5.89. The Bertz CT molecular complexity index is 622. The van der Waals surface area contributed by atoms with Crippen molar-refractivity contribution in [3.05, 3.63) is 29.6 Å². The number of hydrogen-bond acceptors (Lipinski definition) is 3. The highest BCUT2D eigenvalue weighted by Crippen LogP contribution is 2.31. The van der Waals surface area contributed by atoms with E-state index in [1.807, 2.05) is 11.5 Å². The molecule has 0 aliphatic carbocycles. The predicted octanol–water partition coefficient (Wildman–Crippen LogP) is 2.98. The summed E-state index contributed by atoms with van der Waals surface area (Å²) in [4.78, 5) is 4.35. The summed E-state index contributed by atoms with van der Waals surface area (Å²) in [5.74, 6) is 0.750. The molecule has 0 bridgehead atoms. The van der Waals surface area contributed by atoms with E-state index in [1.165, 1.54) is 6.07 Å². The first-order chi connectivity index (χ1) is 10.5. The SMILES string of the molecule is CCOCCn1c(CCCN)nc2cc(C(F)(F)F)ccc21. The highest BCUT2D eigenvalue weighted by molar-refractivity contribution is 5.77. The third-order valence-electron chi connectivity index (χ3n) is 3.42. The number of rotatable bonds is 7. The van der Waals surface area contributed by atoms with Gasteiger partial charge in [-0.05, 0) is 38.1 Å². The van der Waals surface area contributed by atoms with Gasteiger partial charge in [-0.15, -0.1) is 0 Å². The summed E-state index contributed by atoms with van der Waals surface area (Å²) < 4.78 is 45.7. The van der Waals surface area contributed by atoms with Crippen molar-refractivity contribution < 1.29 is 17.9 Å². The Kier molecular flexibility index (Phi) is 5.42. The summed E-state index contributed by atoms with van der Waals surface area (Å²) in [6.45, 7) is 4.08. The molecule has 1 aromatic heterocycles. The van der Waals surface area contributed by atoms with Crippen LogP contribution in [0.3, 0.4) is 0 Å². The van der Waals surface area contributed by atoms with Crippen LogP contribution in [0.1, 0.15) is 24.7 Å². The van der Waals surface area contributed by atoms with Crippen molar-refractivity contribution in [2.75, 3.05) is 19.8 Å². The standard InChI is InChI=1S/C15H20F3N3O/c1-2-22-9-8-21-13-6-5-11(15(16,17)18)10-12(13)20-14(21)4-3-7-19/h5-6,10H,2-4,7-9,19H2,1H3. The molecule has 0 saturated carbocycles. The smallest absolute Gasteiger partial charge is 0.380 e. The Morgan fingerprint density at radius 1 is 1.32 bits per heavy atom. The van der Waals surface area contributed by atoms with E-state index in [4.69, 9.17) is 10.5 Å². The van der Waals surface area contributed by atoms with Gasteiger partial charge >= 0.3 is 6.18 Å². The fraction of sp³-hybridized carbons (Fsp3) is 0.533. The monoisotopic (exact) mass is 315 g/mol. The number of nitrogens with two attached hydrogens (primary N) is 1. The van der Waals surface area contributed by atoms with E-state index in [9.17, 15) is 13.2 Å². The number of nitrogens with zero attached hydrogens (tertiary/aromatic N) is 2. The molecule has 0 amide bonds. The predicted molar refractivity (Wildman–Crippen MR) is 78.6 cm³/mol. The molecule has 0 atom stereocenters. The topological polar surface area (TPSA) is 53.1 Å². The van der Waals surface area contributed by atoms with Crippen LogP contribution in [0.4, 0.5) is 13.2 Å². The zero-order valence-electron chi connectivity index (χ0n) is 12.5. The first-order valence-electron chi connectivity index (χ1n) is 7.31. The molecule has 122 valence electrons. The number of alkyl halides is 3. The van der Waals surface area contributed by atoms with Crippen molar-refractivity contribution in [2.24, 2.45) is 5.73 Å². The number of fused-ring (bicyclic) bond motifs is 1. The Morgan fingerprint density at radius 2 is 2.09 bits per heavy atom. The maximum absolute atomic E-state index is 12.8. The molecule has 0 unspecified atom stereocenters. The summed E-state index contributed by atoms with van der Waals surface area (Å²) in [6, 6.07) is 3.66. The quantitative estimate of drug-likeness (QED) is 0.799. The summed E-state index contributed by atoms with van der Waals surface area (Å²) in [6.07, 6.45) is -2.98. The van der Waals surface area contributed by atoms with Gasteiger partial charge < -0.3 is 15.0 Å². The summed E-state index contributed by atoms with van der Waals surface area (Å²) >= 11 is 0. The van der Waals surface area contributed by atoms with Gasteiger partial charge in [0.2, 0.25) is 0 Å². The van der Waals surface area contributed by atoms with Gasteiger partial charge in [0.05, 0.1) is 23.2 Å². The van der Waals surface area contributed by atoms with Crippen LogP contribution in [0.25, 0.3) is 11.0 Å². The molecule has 0 saturated heterocycles. The van der Waals surface area contributed by atoms with E-state index in [-0.39, 0.29) is 0 Å². The molecular formula is C15H20F3N3O. The van der Waals surface area contributed by atoms with E-state index >= 15 is 0 Å². The number of benzene rings is 1. The first kappa shape index (κ1) is 16.8. The third kappa shape index (κ3) is 3.78. The van der Waals surface area contributed by atoms with Gasteiger partial charge in [0, 0.05) is 19.6 Å². The fourth-order valence-electron chi connectivity index (χ4n) is 2.36. The lowest BCUT2D eigenvalue weighted by Gasteiger charge is -2.10. The minimum atomic E-state index is -4.36. The van der Waals surface area contributed by atoms with E-state index in [0.717, 1.165) is 24.4 Å². The normalized spacial score (nSPS) is 12.2. The van der Waals surface area contributed by atoms with Crippen LogP contribution in [0, 0.1) is 0 Å². The highest BCUT2D eigenvalue weighted by atomic mass is 19.4. The zero-order chi connectivity index (χ0) is 16.2. The summed E-state index contributed by atoms with van der Waals surface area (Å²) in [5, 5.41) is 0. The van der Waals surface area contributed by atoms with Crippen LogP contribution >= 0.6 is 0 Å². The van der Waals surface area contributed by atoms with Gasteiger partial charge in [0.15, 0.2) is 0 Å². The van der Waals surface area contributed by atoms with Crippen LogP contribution in [0.5, 0.6) is 0 Å². The molecule has 1 heterocycles. The first-order valence-corrected chi connectivity index (χ1v) is 7.31. The molecule has 7 heteroatoms. The molecule has 2 N–H and O–H groups in total. The van der Waals surface area contributed by atoms with Gasteiger partial charge in [-0.3, -0.25) is 0 Å². The zero-order valence-corrected chi connectivity index (χ0v) is 12.5. The van der Waals surface area contributed by atoms with Crippen molar-refractivity contribution in [3.8, 4) is 0 Å². The molecule has 0 aliphatic heterocycles. The number of hydrogen-bond donors (Lipinski definition) is 1. The fourth-order valence-corrected chi connectivity index (χ4v) is 2.36. The Balaban J connectivity index is 2.39. The van der Waals surface area contributed by atoms with Crippen LogP contribution in [0.15, 0.2) is 18.2 Å². The Labute approximate surface area is 127 Å². The van der Waals surface area contributed by atoms with Gasteiger partial charge in [-0.25, -0.2) is 4.98 Å². The average molecular weight is 315 g/mol. The van der Waals surface area contributed by atoms with Crippen LogP contribution in [0.2, 0.25) is 0 Å².